The zero-order chi connectivity index (χ0) is 14.3. The lowest BCUT2D eigenvalue weighted by molar-refractivity contribution is 0.132. The average molecular weight is 291 g/mol. The molecule has 0 aliphatic heterocycles. The van der Waals surface area contributed by atoms with Crippen molar-refractivity contribution in [2.75, 3.05) is 25.1 Å². The van der Waals surface area contributed by atoms with E-state index in [1.807, 2.05) is 13.8 Å². The van der Waals surface area contributed by atoms with Crippen LogP contribution in [0.25, 0.3) is 0 Å². The standard InChI is InChI=1S/C11H19ClN4O3/c1-3-5-19-10-14-8(12)13-9(15-10)16-11(4-2,6-17)7-18/h17-18H,3-7H2,1-2H3,(H,13,14,15,16). The first-order valence-electron chi connectivity index (χ1n) is 6.13. The number of halogens is 1. The Hall–Kier alpha value is -1.18. The van der Waals surface area contributed by atoms with Gasteiger partial charge in [-0.1, -0.05) is 13.8 Å². The third-order valence-electron chi connectivity index (χ3n) is 2.68. The fraction of sp³-hybridized carbons (Fsp3) is 0.727. The molecule has 0 radical (unpaired) electrons. The number of aromatic nitrogens is 3. The molecule has 1 rings (SSSR count). The molecule has 1 aromatic heterocycles. The number of aliphatic hydroxyl groups is 2. The predicted octanol–water partition coefficient (Wildman–Crippen LogP) is 0.859. The normalized spacial score (nSPS) is 11.4. The van der Waals surface area contributed by atoms with Gasteiger partial charge in [0, 0.05) is 0 Å². The van der Waals surface area contributed by atoms with Crippen LogP contribution in [-0.2, 0) is 0 Å². The van der Waals surface area contributed by atoms with Crippen molar-refractivity contribution in [2.24, 2.45) is 0 Å². The highest BCUT2D eigenvalue weighted by Gasteiger charge is 2.27. The van der Waals surface area contributed by atoms with Gasteiger partial charge in [-0.15, -0.1) is 0 Å². The van der Waals surface area contributed by atoms with Gasteiger partial charge in [0.05, 0.1) is 25.4 Å². The third-order valence-corrected chi connectivity index (χ3v) is 2.85. The van der Waals surface area contributed by atoms with Gasteiger partial charge in [0.15, 0.2) is 0 Å². The summed E-state index contributed by atoms with van der Waals surface area (Å²) in [6.45, 7) is 3.75. The second-order valence-electron chi connectivity index (χ2n) is 4.13. The molecule has 19 heavy (non-hydrogen) atoms. The first-order valence-corrected chi connectivity index (χ1v) is 6.51. The van der Waals surface area contributed by atoms with Crippen LogP contribution in [0.2, 0.25) is 5.28 Å². The summed E-state index contributed by atoms with van der Waals surface area (Å²) in [6.07, 6.45) is 1.31. The molecule has 0 aromatic carbocycles. The zero-order valence-corrected chi connectivity index (χ0v) is 11.8. The van der Waals surface area contributed by atoms with Crippen molar-refractivity contribution in [3.05, 3.63) is 5.28 Å². The quantitative estimate of drug-likeness (QED) is 0.653. The van der Waals surface area contributed by atoms with Crippen molar-refractivity contribution in [1.82, 2.24) is 15.0 Å². The van der Waals surface area contributed by atoms with Gasteiger partial charge in [0.25, 0.3) is 0 Å². The van der Waals surface area contributed by atoms with E-state index in [0.29, 0.717) is 13.0 Å². The topological polar surface area (TPSA) is 100 Å². The second kappa shape index (κ2) is 7.42. The van der Waals surface area contributed by atoms with E-state index >= 15 is 0 Å². The molecule has 1 heterocycles. The van der Waals surface area contributed by atoms with Gasteiger partial charge in [-0.2, -0.15) is 15.0 Å². The monoisotopic (exact) mass is 290 g/mol. The summed E-state index contributed by atoms with van der Waals surface area (Å²) >= 11 is 5.78. The van der Waals surface area contributed by atoms with E-state index in [0.717, 1.165) is 6.42 Å². The largest absolute Gasteiger partial charge is 0.463 e. The van der Waals surface area contributed by atoms with Crippen LogP contribution >= 0.6 is 11.6 Å². The molecule has 0 amide bonds. The number of nitrogens with zero attached hydrogens (tertiary/aromatic N) is 3. The molecule has 0 atom stereocenters. The van der Waals surface area contributed by atoms with Gasteiger partial charge >= 0.3 is 6.01 Å². The minimum Gasteiger partial charge on any atom is -0.463 e. The highest BCUT2D eigenvalue weighted by Crippen LogP contribution is 2.18. The Kier molecular flexibility index (Phi) is 6.20. The second-order valence-corrected chi connectivity index (χ2v) is 4.47. The summed E-state index contributed by atoms with van der Waals surface area (Å²) < 4.78 is 5.28. The minimum absolute atomic E-state index is 0.00974. The van der Waals surface area contributed by atoms with Crippen LogP contribution < -0.4 is 10.1 Å². The van der Waals surface area contributed by atoms with E-state index in [1.54, 1.807) is 0 Å². The number of rotatable bonds is 8. The molecule has 7 nitrogen and oxygen atoms in total. The van der Waals surface area contributed by atoms with Gasteiger partial charge < -0.3 is 20.3 Å². The molecular weight excluding hydrogens is 272 g/mol. The number of aliphatic hydroxyl groups excluding tert-OH is 2. The molecule has 0 bridgehead atoms. The van der Waals surface area contributed by atoms with Crippen LogP contribution in [0.15, 0.2) is 0 Å². The summed E-state index contributed by atoms with van der Waals surface area (Å²) in [5, 5.41) is 21.6. The number of nitrogens with one attached hydrogen (secondary N) is 1. The van der Waals surface area contributed by atoms with Crippen molar-refractivity contribution < 1.29 is 14.9 Å². The number of anilines is 1. The molecule has 0 aliphatic rings. The molecule has 0 saturated heterocycles. The lowest BCUT2D eigenvalue weighted by Crippen LogP contribution is -2.45. The predicted molar refractivity (Wildman–Crippen MR) is 71.4 cm³/mol. The lowest BCUT2D eigenvalue weighted by atomic mass is 9.99. The van der Waals surface area contributed by atoms with E-state index in [4.69, 9.17) is 16.3 Å². The first kappa shape index (κ1) is 15.9. The molecule has 0 fully saturated rings. The summed E-state index contributed by atoms with van der Waals surface area (Å²) in [7, 11) is 0. The summed E-state index contributed by atoms with van der Waals surface area (Å²) in [6, 6.07) is 0.116. The van der Waals surface area contributed by atoms with Crippen LogP contribution in [0.3, 0.4) is 0 Å². The summed E-state index contributed by atoms with van der Waals surface area (Å²) in [4.78, 5) is 11.8. The molecule has 0 saturated carbocycles. The molecule has 0 aliphatic carbocycles. The van der Waals surface area contributed by atoms with Crippen molar-refractivity contribution in [2.45, 2.75) is 32.2 Å². The van der Waals surface area contributed by atoms with Crippen LogP contribution in [0.1, 0.15) is 26.7 Å². The van der Waals surface area contributed by atoms with Crippen LogP contribution in [0.4, 0.5) is 5.95 Å². The van der Waals surface area contributed by atoms with Gasteiger partial charge in [0.2, 0.25) is 11.2 Å². The molecule has 8 heteroatoms. The third kappa shape index (κ3) is 4.45. The van der Waals surface area contributed by atoms with E-state index in [2.05, 4.69) is 20.3 Å². The SMILES string of the molecule is CCCOc1nc(Cl)nc(NC(CC)(CO)CO)n1. The Labute approximate surface area is 117 Å². The zero-order valence-electron chi connectivity index (χ0n) is 11.1. The van der Waals surface area contributed by atoms with Crippen molar-refractivity contribution in [3.63, 3.8) is 0 Å². The molecule has 0 spiro atoms. The maximum atomic E-state index is 9.36. The maximum Gasteiger partial charge on any atom is 0.322 e. The first-order chi connectivity index (χ1) is 9.09. The molecule has 108 valence electrons. The van der Waals surface area contributed by atoms with E-state index in [-0.39, 0.29) is 30.5 Å². The molecule has 3 N–H and O–H groups in total. The van der Waals surface area contributed by atoms with Gasteiger partial charge in [-0.05, 0) is 24.4 Å². The molecule has 1 aromatic rings. The van der Waals surface area contributed by atoms with Crippen molar-refractivity contribution >= 4 is 17.5 Å². The smallest absolute Gasteiger partial charge is 0.322 e. The molecule has 0 unspecified atom stereocenters. The van der Waals surface area contributed by atoms with E-state index in [1.165, 1.54) is 0 Å². The maximum absolute atomic E-state index is 9.36. The summed E-state index contributed by atoms with van der Waals surface area (Å²) in [5.74, 6) is 0.163. The number of hydrogen-bond donors (Lipinski definition) is 3. The van der Waals surface area contributed by atoms with Gasteiger partial charge in [-0.25, -0.2) is 0 Å². The fourth-order valence-corrected chi connectivity index (χ4v) is 1.48. The van der Waals surface area contributed by atoms with Gasteiger partial charge in [0.1, 0.15) is 0 Å². The highest BCUT2D eigenvalue weighted by atomic mass is 35.5. The van der Waals surface area contributed by atoms with Crippen molar-refractivity contribution in [1.29, 1.82) is 0 Å². The van der Waals surface area contributed by atoms with E-state index in [9.17, 15) is 10.2 Å². The fourth-order valence-electron chi connectivity index (χ4n) is 1.32. The Morgan fingerprint density at radius 2 is 1.89 bits per heavy atom. The minimum atomic E-state index is -0.896. The lowest BCUT2D eigenvalue weighted by Gasteiger charge is -2.29. The summed E-state index contributed by atoms with van der Waals surface area (Å²) in [5.41, 5.74) is -0.896. The van der Waals surface area contributed by atoms with Crippen LogP contribution in [0, 0.1) is 0 Å². The highest BCUT2D eigenvalue weighted by molar-refractivity contribution is 6.28. The van der Waals surface area contributed by atoms with Crippen LogP contribution in [-0.4, -0.2) is 50.5 Å². The molecular formula is C11H19ClN4O3. The average Bonchev–Trinajstić information content (AvgIpc) is 2.42. The van der Waals surface area contributed by atoms with Crippen LogP contribution in [0.5, 0.6) is 6.01 Å². The Bertz CT molecular complexity index is 393. The van der Waals surface area contributed by atoms with Crippen molar-refractivity contribution in [3.8, 4) is 6.01 Å². The Balaban J connectivity index is 2.90. The Morgan fingerprint density at radius 1 is 1.21 bits per heavy atom. The van der Waals surface area contributed by atoms with E-state index < -0.39 is 5.54 Å². The Morgan fingerprint density at radius 3 is 2.42 bits per heavy atom. The number of ether oxygens (including phenoxy) is 1. The van der Waals surface area contributed by atoms with Gasteiger partial charge in [-0.3, -0.25) is 0 Å². The number of hydrogen-bond acceptors (Lipinski definition) is 7.